The molecular weight excluding hydrogens is 887 g/mol. The fraction of sp³-hybridized carbons (Fsp3) is 0.304. The van der Waals surface area contributed by atoms with Crippen LogP contribution in [0.2, 0.25) is 0 Å². The fourth-order valence-corrected chi connectivity index (χ4v) is 11.1. The lowest BCUT2D eigenvalue weighted by atomic mass is 9.78. The Balaban J connectivity index is 1.17. The topological polar surface area (TPSA) is 50.9 Å². The molecular formula is C69H73N3O. The number of nitrogens with zero attached hydrogens (tertiary/aromatic N) is 3. The number of aromatic hydroxyl groups is 1. The summed E-state index contributed by atoms with van der Waals surface area (Å²) < 4.78 is 2.33. The number of hydrogen-bond acceptors (Lipinski definition) is 3. The molecule has 1 aliphatic carbocycles. The molecule has 4 heteroatoms. The zero-order valence-corrected chi connectivity index (χ0v) is 45.1. The molecule has 10 rings (SSSR count). The van der Waals surface area contributed by atoms with Gasteiger partial charge < -0.3 is 5.11 Å². The molecule has 73 heavy (non-hydrogen) atoms. The average Bonchev–Trinajstić information content (AvgIpc) is 4.04. The summed E-state index contributed by atoms with van der Waals surface area (Å²) in [6.45, 7) is 24.7. The molecule has 0 saturated heterocycles. The lowest BCUT2D eigenvalue weighted by Gasteiger charge is -2.27. The van der Waals surface area contributed by atoms with Gasteiger partial charge in [0.25, 0.3) is 0 Å². The van der Waals surface area contributed by atoms with E-state index in [1.165, 1.54) is 47.9 Å². The highest BCUT2D eigenvalue weighted by molar-refractivity contribution is 5.98. The molecule has 370 valence electrons. The summed E-state index contributed by atoms with van der Waals surface area (Å²) in [6, 6.07) is 59.9. The Bertz CT molecular complexity index is 3440. The summed E-state index contributed by atoms with van der Waals surface area (Å²) in [7, 11) is 0. The maximum absolute atomic E-state index is 12.7. The second kappa shape index (κ2) is 19.1. The number of benzene rings is 7. The van der Waals surface area contributed by atoms with Gasteiger partial charge in [-0.3, -0.25) is 9.55 Å². The SMILES string of the molecule is CC(C)(C)c1cc(-c2cc(-c3ccc(C(C)(C)c4ccccc4)cc3)ccn2)cc(-c2cccc3c2nc(-c2cc(C(C)(C)C)cc(C(C)(C)C)c2O)n3-c2ccc(CC3CCCC3)cc2-c2ccccc2)c1. The van der Waals surface area contributed by atoms with Gasteiger partial charge in [-0.2, -0.15) is 0 Å². The van der Waals surface area contributed by atoms with Crippen LogP contribution in [0.1, 0.15) is 135 Å². The van der Waals surface area contributed by atoms with Gasteiger partial charge in [0.05, 0.1) is 28.0 Å². The van der Waals surface area contributed by atoms with E-state index in [2.05, 4.69) is 245 Å². The van der Waals surface area contributed by atoms with Crippen LogP contribution in [-0.4, -0.2) is 19.6 Å². The number of imidazole rings is 1. The van der Waals surface area contributed by atoms with E-state index >= 15 is 0 Å². The predicted molar refractivity (Wildman–Crippen MR) is 308 cm³/mol. The van der Waals surface area contributed by atoms with Crippen molar-refractivity contribution in [2.24, 2.45) is 5.92 Å². The van der Waals surface area contributed by atoms with Crippen LogP contribution in [0.15, 0.2) is 170 Å². The minimum Gasteiger partial charge on any atom is -0.507 e. The van der Waals surface area contributed by atoms with Crippen molar-refractivity contribution in [1.82, 2.24) is 14.5 Å². The summed E-state index contributed by atoms with van der Waals surface area (Å²) in [5, 5.41) is 12.7. The van der Waals surface area contributed by atoms with Gasteiger partial charge in [0.1, 0.15) is 11.6 Å². The summed E-state index contributed by atoms with van der Waals surface area (Å²) in [6.07, 6.45) is 8.25. The number of phenols is 1. The minimum absolute atomic E-state index is 0.123. The largest absolute Gasteiger partial charge is 0.507 e. The van der Waals surface area contributed by atoms with E-state index in [0.29, 0.717) is 5.92 Å². The number of para-hydroxylation sites is 1. The first-order chi connectivity index (χ1) is 34.7. The molecule has 0 amide bonds. The summed E-state index contributed by atoms with van der Waals surface area (Å²) in [4.78, 5) is 10.8. The van der Waals surface area contributed by atoms with Gasteiger partial charge in [-0.15, -0.1) is 0 Å². The number of fused-ring (bicyclic) bond motifs is 1. The number of pyridine rings is 1. The van der Waals surface area contributed by atoms with Crippen LogP contribution in [0.3, 0.4) is 0 Å². The predicted octanol–water partition coefficient (Wildman–Crippen LogP) is 18.4. The standard InChI is InChI=1S/C69H73N3O/c1-66(2,3)54-40-50(39-51(41-54)60-42-49(35-36-70-60)47-30-32-53(33-31-47)69(10,11)52-25-16-13-17-26-52)56-27-20-28-62-63(56)71-65(58-43-55(67(4,5)6)44-59(64(58)73)68(7,8)9)72(62)61-34-29-46(37-45-21-18-19-22-45)38-57(61)48-23-14-12-15-24-48/h12-17,20,23-36,38-45,73H,18-19,21-22,37H2,1-11H3. The Labute approximate surface area is 435 Å². The van der Waals surface area contributed by atoms with Crippen molar-refractivity contribution in [3.8, 4) is 67.5 Å². The molecule has 1 aliphatic rings. The summed E-state index contributed by atoms with van der Waals surface area (Å²) in [5.74, 6) is 1.71. The van der Waals surface area contributed by atoms with Crippen LogP contribution in [0, 0.1) is 5.92 Å². The first-order valence-electron chi connectivity index (χ1n) is 26.6. The van der Waals surface area contributed by atoms with Gasteiger partial charge in [-0.05, 0) is 127 Å². The molecule has 0 atom stereocenters. The van der Waals surface area contributed by atoms with Gasteiger partial charge in [0.15, 0.2) is 0 Å². The third kappa shape index (κ3) is 9.94. The van der Waals surface area contributed by atoms with Crippen LogP contribution in [0.5, 0.6) is 5.75 Å². The zero-order valence-electron chi connectivity index (χ0n) is 45.1. The van der Waals surface area contributed by atoms with E-state index in [9.17, 15) is 5.11 Å². The Morgan fingerprint density at radius 2 is 1.14 bits per heavy atom. The van der Waals surface area contributed by atoms with Crippen molar-refractivity contribution in [1.29, 1.82) is 0 Å². The minimum atomic E-state index is -0.322. The summed E-state index contributed by atoms with van der Waals surface area (Å²) in [5.41, 5.74) is 18.7. The first-order valence-corrected chi connectivity index (χ1v) is 26.6. The fourth-order valence-electron chi connectivity index (χ4n) is 11.1. The third-order valence-corrected chi connectivity index (χ3v) is 15.7. The van der Waals surface area contributed by atoms with Gasteiger partial charge in [0.2, 0.25) is 0 Å². The van der Waals surface area contributed by atoms with Crippen molar-refractivity contribution in [3.63, 3.8) is 0 Å². The van der Waals surface area contributed by atoms with Crippen LogP contribution in [0.25, 0.3) is 72.7 Å². The number of hydrogen-bond donors (Lipinski definition) is 1. The third-order valence-electron chi connectivity index (χ3n) is 15.7. The molecule has 0 spiro atoms. The quantitative estimate of drug-likeness (QED) is 0.149. The Kier molecular flexibility index (Phi) is 13.0. The first kappa shape index (κ1) is 49.5. The molecule has 9 aromatic rings. The van der Waals surface area contributed by atoms with Crippen molar-refractivity contribution in [2.45, 2.75) is 130 Å². The Morgan fingerprint density at radius 1 is 0.493 bits per heavy atom. The van der Waals surface area contributed by atoms with Gasteiger partial charge in [-0.25, -0.2) is 4.98 Å². The maximum atomic E-state index is 12.7. The molecule has 2 aromatic heterocycles. The van der Waals surface area contributed by atoms with E-state index in [1.807, 2.05) is 6.20 Å². The van der Waals surface area contributed by atoms with E-state index in [0.717, 1.165) is 90.3 Å². The van der Waals surface area contributed by atoms with Crippen molar-refractivity contribution < 1.29 is 5.11 Å². The highest BCUT2D eigenvalue weighted by atomic mass is 16.3. The van der Waals surface area contributed by atoms with Gasteiger partial charge >= 0.3 is 0 Å². The van der Waals surface area contributed by atoms with Crippen LogP contribution < -0.4 is 0 Å². The number of rotatable bonds is 10. The molecule has 0 bridgehead atoms. The summed E-state index contributed by atoms with van der Waals surface area (Å²) >= 11 is 0. The van der Waals surface area contributed by atoms with Crippen LogP contribution in [-0.2, 0) is 28.1 Å². The molecule has 7 aromatic carbocycles. The van der Waals surface area contributed by atoms with Crippen LogP contribution >= 0.6 is 0 Å². The van der Waals surface area contributed by atoms with E-state index in [1.54, 1.807) is 0 Å². The molecule has 1 N–H and O–H groups in total. The molecule has 0 aliphatic heterocycles. The molecule has 1 saturated carbocycles. The molecule has 4 nitrogen and oxygen atoms in total. The second-order valence-corrected chi connectivity index (χ2v) is 24.5. The lowest BCUT2D eigenvalue weighted by molar-refractivity contribution is 0.446. The van der Waals surface area contributed by atoms with Gasteiger partial charge in [0, 0.05) is 33.9 Å². The van der Waals surface area contributed by atoms with Crippen molar-refractivity contribution >= 4 is 11.0 Å². The average molecular weight is 960 g/mol. The van der Waals surface area contributed by atoms with Crippen molar-refractivity contribution in [2.75, 3.05) is 0 Å². The van der Waals surface area contributed by atoms with Crippen molar-refractivity contribution in [3.05, 3.63) is 203 Å². The highest BCUT2D eigenvalue weighted by Crippen LogP contribution is 2.46. The zero-order chi connectivity index (χ0) is 51.5. The van der Waals surface area contributed by atoms with Crippen LogP contribution in [0.4, 0.5) is 0 Å². The molecule has 0 radical (unpaired) electrons. The lowest BCUT2D eigenvalue weighted by Crippen LogP contribution is -2.18. The monoisotopic (exact) mass is 960 g/mol. The van der Waals surface area contributed by atoms with Gasteiger partial charge in [-0.1, -0.05) is 217 Å². The Morgan fingerprint density at radius 3 is 1.81 bits per heavy atom. The number of phenolic OH excluding ortho intramolecular Hbond substituents is 1. The Hall–Kier alpha value is -7.04. The maximum Gasteiger partial charge on any atom is 0.149 e. The highest BCUT2D eigenvalue weighted by Gasteiger charge is 2.30. The molecule has 2 heterocycles. The molecule has 1 fully saturated rings. The second-order valence-electron chi connectivity index (χ2n) is 24.5. The van der Waals surface area contributed by atoms with E-state index in [4.69, 9.17) is 9.97 Å². The number of aromatic nitrogens is 3. The normalized spacial score (nSPS) is 13.8. The smallest absolute Gasteiger partial charge is 0.149 e. The molecule has 0 unspecified atom stereocenters. The van der Waals surface area contributed by atoms with E-state index < -0.39 is 0 Å². The van der Waals surface area contributed by atoms with E-state index in [-0.39, 0.29) is 27.4 Å².